The Morgan fingerprint density at radius 2 is 1.42 bits per heavy atom. The molecule has 0 radical (unpaired) electrons. The van der Waals surface area contributed by atoms with Gasteiger partial charge in [0.05, 0.1) is 0 Å². The van der Waals surface area contributed by atoms with E-state index in [-0.39, 0.29) is 6.42 Å². The zero-order chi connectivity index (χ0) is 17.4. The fraction of sp³-hybridized carbons (Fsp3) is 0.429. The predicted octanol–water partition coefficient (Wildman–Crippen LogP) is 6.55. The van der Waals surface area contributed by atoms with Gasteiger partial charge in [-0.05, 0) is 47.9 Å². The van der Waals surface area contributed by atoms with Crippen molar-refractivity contribution in [3.8, 4) is 11.1 Å². The van der Waals surface area contributed by atoms with Crippen LogP contribution in [0.25, 0.3) is 11.1 Å². The molecule has 24 heavy (non-hydrogen) atoms. The van der Waals surface area contributed by atoms with Gasteiger partial charge in [0.1, 0.15) is 0 Å². The Hall–Kier alpha value is -1.77. The summed E-state index contributed by atoms with van der Waals surface area (Å²) in [5.74, 6) is -3.66. The normalized spacial score (nSPS) is 25.8. The van der Waals surface area contributed by atoms with Crippen LogP contribution in [0.1, 0.15) is 50.2 Å². The molecule has 2 atom stereocenters. The third kappa shape index (κ3) is 3.22. The average Bonchev–Trinajstić information content (AvgIpc) is 2.77. The van der Waals surface area contributed by atoms with Crippen LogP contribution in [-0.4, -0.2) is 11.6 Å². The summed E-state index contributed by atoms with van der Waals surface area (Å²) < 4.78 is 41.5. The molecule has 0 bridgehead atoms. The van der Waals surface area contributed by atoms with E-state index in [1.807, 2.05) is 24.3 Å². The van der Waals surface area contributed by atoms with Crippen LogP contribution in [0.2, 0.25) is 0 Å². The lowest BCUT2D eigenvalue weighted by atomic mass is 9.93. The van der Waals surface area contributed by atoms with Crippen LogP contribution < -0.4 is 0 Å². The van der Waals surface area contributed by atoms with E-state index in [1.165, 1.54) is 5.56 Å². The SMILES string of the molecule is CCCc1ccc(-c2ccc(C3CC(C)(F)C(F)(F)C3)cc2)cc1. The smallest absolute Gasteiger partial charge is 0.238 e. The molecule has 0 spiro atoms. The first kappa shape index (κ1) is 17.1. The van der Waals surface area contributed by atoms with Crippen LogP contribution in [0.4, 0.5) is 13.2 Å². The quantitative estimate of drug-likeness (QED) is 0.596. The maximum atomic E-state index is 14.0. The molecular formula is C21H23F3. The molecule has 1 fully saturated rings. The van der Waals surface area contributed by atoms with E-state index in [0.717, 1.165) is 36.5 Å². The van der Waals surface area contributed by atoms with E-state index in [4.69, 9.17) is 0 Å². The minimum Gasteiger partial charge on any atom is -0.238 e. The highest BCUT2D eigenvalue weighted by Crippen LogP contribution is 2.52. The largest absolute Gasteiger partial charge is 0.281 e. The Balaban J connectivity index is 1.76. The number of halogens is 3. The van der Waals surface area contributed by atoms with E-state index in [9.17, 15) is 13.2 Å². The number of aryl methyl sites for hydroxylation is 1. The summed E-state index contributed by atoms with van der Waals surface area (Å²) in [6, 6.07) is 16.0. The number of hydrogen-bond donors (Lipinski definition) is 0. The van der Waals surface area contributed by atoms with Crippen LogP contribution in [0.15, 0.2) is 48.5 Å². The lowest BCUT2D eigenvalue weighted by molar-refractivity contribution is -0.105. The number of alkyl halides is 3. The van der Waals surface area contributed by atoms with Crippen LogP contribution in [-0.2, 0) is 6.42 Å². The second kappa shape index (κ2) is 6.27. The van der Waals surface area contributed by atoms with Gasteiger partial charge >= 0.3 is 0 Å². The molecule has 0 aromatic heterocycles. The molecule has 0 heterocycles. The van der Waals surface area contributed by atoms with E-state index < -0.39 is 23.9 Å². The summed E-state index contributed by atoms with van der Waals surface area (Å²) in [5.41, 5.74) is 1.85. The van der Waals surface area contributed by atoms with Gasteiger partial charge in [-0.3, -0.25) is 0 Å². The van der Waals surface area contributed by atoms with Crippen molar-refractivity contribution in [1.29, 1.82) is 0 Å². The zero-order valence-corrected chi connectivity index (χ0v) is 14.2. The molecule has 1 saturated carbocycles. The van der Waals surface area contributed by atoms with Crippen molar-refractivity contribution >= 4 is 0 Å². The molecule has 2 aromatic carbocycles. The Morgan fingerprint density at radius 3 is 1.88 bits per heavy atom. The van der Waals surface area contributed by atoms with E-state index in [2.05, 4.69) is 31.2 Å². The second-order valence-corrected chi connectivity index (χ2v) is 7.08. The summed E-state index contributed by atoms with van der Waals surface area (Å²) >= 11 is 0. The first-order valence-electron chi connectivity index (χ1n) is 8.58. The topological polar surface area (TPSA) is 0 Å². The van der Waals surface area contributed by atoms with Crippen molar-refractivity contribution in [1.82, 2.24) is 0 Å². The zero-order valence-electron chi connectivity index (χ0n) is 14.2. The van der Waals surface area contributed by atoms with Crippen molar-refractivity contribution in [2.45, 2.75) is 57.0 Å². The van der Waals surface area contributed by atoms with Crippen molar-refractivity contribution in [3.63, 3.8) is 0 Å². The highest BCUT2D eigenvalue weighted by atomic mass is 19.3. The molecule has 3 heteroatoms. The lowest BCUT2D eigenvalue weighted by Crippen LogP contribution is -2.35. The van der Waals surface area contributed by atoms with Crippen molar-refractivity contribution < 1.29 is 13.2 Å². The number of hydrogen-bond acceptors (Lipinski definition) is 0. The van der Waals surface area contributed by atoms with Gasteiger partial charge in [0.2, 0.25) is 0 Å². The summed E-state index contributed by atoms with van der Waals surface area (Å²) in [5, 5.41) is 0. The van der Waals surface area contributed by atoms with Crippen LogP contribution in [0.5, 0.6) is 0 Å². The third-order valence-corrected chi connectivity index (χ3v) is 5.10. The highest BCUT2D eigenvalue weighted by molar-refractivity contribution is 5.64. The lowest BCUT2D eigenvalue weighted by Gasteiger charge is -2.21. The minimum atomic E-state index is -3.24. The van der Waals surface area contributed by atoms with Crippen LogP contribution in [0, 0.1) is 0 Å². The van der Waals surface area contributed by atoms with Gasteiger partial charge in [0, 0.05) is 6.42 Å². The molecule has 0 N–H and O–H groups in total. The average molecular weight is 332 g/mol. The van der Waals surface area contributed by atoms with Crippen LogP contribution >= 0.6 is 0 Å². The Bertz CT molecular complexity index is 668. The standard InChI is InChI=1S/C21H23F3/c1-3-4-15-5-7-16(8-6-15)17-9-11-18(12-10-17)19-13-20(2,22)21(23,24)14-19/h5-12,19H,3-4,13-14H2,1-2H3. The van der Waals surface area contributed by atoms with Gasteiger partial charge in [-0.25, -0.2) is 13.2 Å². The molecule has 2 unspecified atom stereocenters. The Kier molecular flexibility index (Phi) is 4.46. The monoisotopic (exact) mass is 332 g/mol. The fourth-order valence-electron chi connectivity index (χ4n) is 3.54. The van der Waals surface area contributed by atoms with Crippen LogP contribution in [0.3, 0.4) is 0 Å². The van der Waals surface area contributed by atoms with Crippen molar-refractivity contribution in [3.05, 3.63) is 59.7 Å². The molecular weight excluding hydrogens is 309 g/mol. The van der Waals surface area contributed by atoms with Gasteiger partial charge in [-0.2, -0.15) is 0 Å². The molecule has 1 aliphatic carbocycles. The minimum absolute atomic E-state index is 0.120. The first-order chi connectivity index (χ1) is 11.3. The summed E-state index contributed by atoms with van der Waals surface area (Å²) in [4.78, 5) is 0. The van der Waals surface area contributed by atoms with Gasteiger partial charge in [0.25, 0.3) is 5.92 Å². The molecule has 0 aliphatic heterocycles. The number of benzene rings is 2. The molecule has 1 aliphatic rings. The summed E-state index contributed by atoms with van der Waals surface area (Å²) in [7, 11) is 0. The van der Waals surface area contributed by atoms with Gasteiger partial charge in [0.15, 0.2) is 5.67 Å². The third-order valence-electron chi connectivity index (χ3n) is 5.10. The molecule has 0 nitrogen and oxygen atoms in total. The Labute approximate surface area is 141 Å². The maximum Gasteiger partial charge on any atom is 0.281 e. The first-order valence-corrected chi connectivity index (χ1v) is 8.58. The molecule has 0 saturated heterocycles. The Morgan fingerprint density at radius 1 is 0.875 bits per heavy atom. The summed E-state index contributed by atoms with van der Waals surface area (Å²) in [6.45, 7) is 3.17. The van der Waals surface area contributed by atoms with Crippen molar-refractivity contribution in [2.24, 2.45) is 0 Å². The van der Waals surface area contributed by atoms with E-state index in [1.54, 1.807) is 0 Å². The molecule has 2 aromatic rings. The van der Waals surface area contributed by atoms with Gasteiger partial charge in [-0.1, -0.05) is 61.9 Å². The maximum absolute atomic E-state index is 14.0. The van der Waals surface area contributed by atoms with Gasteiger partial charge in [-0.15, -0.1) is 0 Å². The van der Waals surface area contributed by atoms with E-state index in [0.29, 0.717) is 0 Å². The van der Waals surface area contributed by atoms with E-state index >= 15 is 0 Å². The number of rotatable bonds is 4. The highest BCUT2D eigenvalue weighted by Gasteiger charge is 2.58. The summed E-state index contributed by atoms with van der Waals surface area (Å²) in [6.07, 6.45) is 1.65. The molecule has 0 amide bonds. The fourth-order valence-corrected chi connectivity index (χ4v) is 3.54. The van der Waals surface area contributed by atoms with Crippen molar-refractivity contribution in [2.75, 3.05) is 0 Å². The molecule has 128 valence electrons. The molecule has 3 rings (SSSR count). The second-order valence-electron chi connectivity index (χ2n) is 7.08. The van der Waals surface area contributed by atoms with Gasteiger partial charge < -0.3 is 0 Å². The predicted molar refractivity (Wildman–Crippen MR) is 92.3 cm³/mol.